The third kappa shape index (κ3) is 19.9. The fourth-order valence-electron chi connectivity index (χ4n) is 13.7. The van der Waals surface area contributed by atoms with Gasteiger partial charge in [-0.1, -0.05) is 83.9 Å². The highest BCUT2D eigenvalue weighted by molar-refractivity contribution is 7.18. The van der Waals surface area contributed by atoms with E-state index in [1.807, 2.05) is 0 Å². The highest BCUT2D eigenvalue weighted by Crippen LogP contribution is 2.41. The highest BCUT2D eigenvalue weighted by atomic mass is 35.5. The van der Waals surface area contributed by atoms with Gasteiger partial charge < -0.3 is 71.8 Å². The Kier molecular flexibility index (Phi) is 28.4. The number of halogens is 2. The van der Waals surface area contributed by atoms with Gasteiger partial charge in [0.2, 0.25) is 0 Å². The van der Waals surface area contributed by atoms with E-state index in [9.17, 15) is 117 Å². The number of nitro groups is 2. The Hall–Kier alpha value is -17.8. The number of rotatable bonds is 22. The normalized spacial score (nSPS) is 12.4. The first kappa shape index (κ1) is 95.8. The summed E-state index contributed by atoms with van der Waals surface area (Å²) >= 11 is 13.9. The smallest absolute Gasteiger partial charge is 0.395 e. The van der Waals surface area contributed by atoms with Gasteiger partial charge in [0.05, 0.1) is 149 Å². The van der Waals surface area contributed by atoms with Crippen molar-refractivity contribution in [1.29, 1.82) is 0 Å². The lowest BCUT2D eigenvalue weighted by Crippen LogP contribution is -2.25. The molecule has 42 nitrogen and oxygen atoms in total. The minimum Gasteiger partial charge on any atom is -0.395 e. The molecular weight excluding hydrogens is 1860 g/mol. The van der Waals surface area contributed by atoms with Crippen molar-refractivity contribution in [2.45, 2.75) is 26.4 Å². The second-order valence-corrected chi connectivity index (χ2v) is 32.4. The van der Waals surface area contributed by atoms with E-state index in [-0.39, 0.29) is 132 Å². The van der Waals surface area contributed by atoms with Crippen molar-refractivity contribution in [2.75, 3.05) is 70.7 Å². The van der Waals surface area contributed by atoms with Crippen LogP contribution in [-0.2, 0) is 26.4 Å². The average Bonchev–Trinajstić information content (AvgIpc) is 1.37. The fourth-order valence-corrected chi connectivity index (χ4v) is 15.6. The third-order valence-corrected chi connectivity index (χ3v) is 23.1. The van der Waals surface area contributed by atoms with Crippen LogP contribution >= 0.6 is 45.9 Å². The highest BCUT2D eigenvalue weighted by Gasteiger charge is 2.43. The van der Waals surface area contributed by atoms with Crippen LogP contribution in [0.1, 0.15) is 187 Å². The maximum absolute atomic E-state index is 13.0. The summed E-state index contributed by atoms with van der Waals surface area (Å²) < 4.78 is 10.5. The Morgan fingerprint density at radius 3 is 0.941 bits per heavy atom. The Morgan fingerprint density at radius 2 is 0.625 bits per heavy atom. The summed E-state index contributed by atoms with van der Waals surface area (Å²) in [4.78, 5) is 233. The van der Waals surface area contributed by atoms with Gasteiger partial charge in [0.1, 0.15) is 9.85 Å². The molecule has 16 rings (SSSR count). The summed E-state index contributed by atoms with van der Waals surface area (Å²) in [5.74, 6) is -12.3. The van der Waals surface area contributed by atoms with Crippen LogP contribution in [0.4, 0.5) is 68.6 Å². The van der Waals surface area contributed by atoms with Crippen molar-refractivity contribution in [3.05, 3.63) is 344 Å². The summed E-state index contributed by atoms with van der Waals surface area (Å²) in [6.07, 6.45) is 0. The van der Waals surface area contributed by atoms with Crippen LogP contribution in [0.25, 0.3) is 9.69 Å². The Bertz CT molecular complexity index is 7070. The number of carbonyl (C=O) groups excluding carboxylic acids is 16. The number of furan rings is 2. The van der Waals surface area contributed by atoms with Gasteiger partial charge in [0, 0.05) is 61.8 Å². The van der Waals surface area contributed by atoms with E-state index in [0.29, 0.717) is 52.1 Å². The van der Waals surface area contributed by atoms with Crippen LogP contribution in [0, 0.1) is 33.4 Å². The molecule has 12 aromatic rings. The number of fused-ring (bicyclic) bond motifs is 4. The van der Waals surface area contributed by atoms with E-state index in [1.54, 1.807) is 24.3 Å². The van der Waals surface area contributed by atoms with Gasteiger partial charge >= 0.3 is 11.8 Å². The standard InChI is InChI=1S/C27H25N3O8.C25H15N5O4.C19H11Cl2N3O4S2.C19H11N5O10/c1-30-26(37)21-8-20(28-24(35)14-2-4-16(10-31)18(6-14)12-33)9-22(23(21)27(30)38)29-25(36)15-3-5-17(11-32)19(7-15)13-34;1-26-16-8-4-14(5-9-16)22(31)28-18-12-13-19(21-20(18)24(33)30(3)25(21)34)29-23(32)15-6-10-17(27-2)11-7-15;1-24-18(27)14-8(22-16(25)10-4-6-12(20)29-10)2-3-9(15(14)19(24)28)23-17(26)11-5-7-13(21)30-11;1-22-18(27)9-6-8(20-16(25)11-2-4-13(33-11)23(29)30)7-10(15(9)19(22)28)21-17(26)12-3-5-14(34-12)24(31)32/h2-9,31-34H,10-13H2,1H3,(H,28,35)(H,29,36);4-13H,3H3,(H,28,31)(H,29,32);2-7H,1H3,(H,22,25)(H,23,26);2-7H,1H3,(H,20,25)(H,21,26). The molecule has 0 unspecified atom stereocenters. The number of amides is 16. The molecule has 684 valence electrons. The lowest BCUT2D eigenvalue weighted by atomic mass is 10.0. The first-order valence-electron chi connectivity index (χ1n) is 39.0. The molecule has 16 amide bonds. The molecule has 0 spiro atoms. The predicted octanol–water partition coefficient (Wildman–Crippen LogP) is 13.2. The fraction of sp³-hybridized carbons (Fsp3) is 0.0889. The third-order valence-electron chi connectivity index (χ3n) is 20.6. The maximum atomic E-state index is 13.0. The van der Waals surface area contributed by atoms with Gasteiger partial charge in [-0.2, -0.15) is 0 Å². The molecule has 0 saturated carbocycles. The molecule has 4 aromatic heterocycles. The Balaban J connectivity index is 0.000000154. The topological polar surface area (TPSA) is 585 Å². The first-order chi connectivity index (χ1) is 64.9. The molecule has 4 aliphatic heterocycles. The van der Waals surface area contributed by atoms with E-state index in [2.05, 4.69) is 52.2 Å². The molecule has 4 aliphatic rings. The second-order valence-electron chi connectivity index (χ2n) is 28.9. The van der Waals surface area contributed by atoms with Gasteiger partial charge in [-0.15, -0.1) is 22.7 Å². The molecule has 0 bridgehead atoms. The molecule has 0 fully saturated rings. The number of aliphatic hydroxyl groups excluding tert-OH is 4. The van der Waals surface area contributed by atoms with Gasteiger partial charge in [-0.05, 0) is 131 Å². The minimum atomic E-state index is -0.963. The van der Waals surface area contributed by atoms with Crippen molar-refractivity contribution in [2.24, 2.45) is 0 Å². The largest absolute Gasteiger partial charge is 0.433 e. The van der Waals surface area contributed by atoms with E-state index in [0.717, 1.165) is 72.6 Å². The number of thiophene rings is 2. The van der Waals surface area contributed by atoms with Crippen LogP contribution in [-0.4, -0.2) is 173 Å². The van der Waals surface area contributed by atoms with E-state index < -0.39 is 134 Å². The van der Waals surface area contributed by atoms with Crippen molar-refractivity contribution in [3.8, 4) is 0 Å². The van der Waals surface area contributed by atoms with Crippen LogP contribution in [0.3, 0.4) is 0 Å². The summed E-state index contributed by atoms with van der Waals surface area (Å²) in [6, 6.07) is 41.8. The number of nitrogens with one attached hydrogen (secondary N) is 8. The molecule has 8 heterocycles. The summed E-state index contributed by atoms with van der Waals surface area (Å²) in [6.45, 7) is 12.6. The lowest BCUT2D eigenvalue weighted by Gasteiger charge is -2.14. The molecule has 0 atom stereocenters. The van der Waals surface area contributed by atoms with Gasteiger partial charge in [-0.25, -0.2) is 9.69 Å². The average molecular weight is 1920 g/mol. The number of anilines is 8. The van der Waals surface area contributed by atoms with E-state index in [1.165, 1.54) is 156 Å². The first-order valence-corrected chi connectivity index (χ1v) is 41.4. The molecule has 46 heteroatoms. The zero-order chi connectivity index (χ0) is 98.3. The van der Waals surface area contributed by atoms with Crippen molar-refractivity contribution in [1.82, 2.24) is 19.6 Å². The van der Waals surface area contributed by atoms with Crippen molar-refractivity contribution in [3.63, 3.8) is 0 Å². The number of imide groups is 4. The molecule has 136 heavy (non-hydrogen) atoms. The van der Waals surface area contributed by atoms with Crippen LogP contribution < -0.4 is 42.5 Å². The van der Waals surface area contributed by atoms with Gasteiger partial charge in [-0.3, -0.25) is 117 Å². The van der Waals surface area contributed by atoms with E-state index >= 15 is 0 Å². The van der Waals surface area contributed by atoms with Crippen LogP contribution in [0.2, 0.25) is 8.67 Å². The van der Waals surface area contributed by atoms with Gasteiger partial charge in [0.25, 0.3) is 94.5 Å². The van der Waals surface area contributed by atoms with Crippen molar-refractivity contribution >= 4 is 209 Å². The molecule has 0 saturated heterocycles. The predicted molar refractivity (Wildman–Crippen MR) is 486 cm³/mol. The number of benzene rings is 8. The number of hydrogen-bond donors (Lipinski definition) is 12. The molecule has 12 N–H and O–H groups in total. The summed E-state index contributed by atoms with van der Waals surface area (Å²) in [5, 5.41) is 79.9. The number of nitrogens with zero attached hydrogens (tertiary/aromatic N) is 8. The van der Waals surface area contributed by atoms with Gasteiger partial charge in [0.15, 0.2) is 22.9 Å². The minimum absolute atomic E-state index is 0.00559. The zero-order valence-corrected chi connectivity index (χ0v) is 73.2. The number of carbonyl (C=O) groups is 16. The van der Waals surface area contributed by atoms with E-state index in [4.69, 9.17) is 45.2 Å². The number of hydrogen-bond acceptors (Lipinski definition) is 28. The maximum Gasteiger partial charge on any atom is 0.433 e. The second kappa shape index (κ2) is 40.3. The SMILES string of the molecule is CN1C(=O)c2c(NC(=O)c3ccc(Cl)s3)ccc(NC(=O)c3ccc(Cl)s3)c2C1=O.CN1C(=O)c2cc(NC(=O)c3ccc(CO)c(CO)c3)cc(NC(=O)c3ccc(CO)c(CO)c3)c2C1=O.CN1C(=O)c2cc(NC(=O)c3ccc([N+](=O)[O-])o3)cc(NC(=O)c3ccc([N+](=O)[O-])o3)c2C1=O.[C-]#[N+]c1ccc(C(=O)Nc2ccc(NC(=O)c3ccc([N+]#[C-])cc3)c3c2C(=O)N(C)C3=O)cc1. The van der Waals surface area contributed by atoms with Crippen molar-refractivity contribution < 1.29 is 116 Å². The summed E-state index contributed by atoms with van der Waals surface area (Å²) in [7, 11) is 5.16. The Labute approximate surface area is 781 Å². The van der Waals surface area contributed by atoms with Crippen LogP contribution in [0.5, 0.6) is 0 Å². The molecule has 0 aliphatic carbocycles. The monoisotopic (exact) mass is 1920 g/mol. The zero-order valence-electron chi connectivity index (χ0n) is 70.1. The molecule has 8 aromatic carbocycles. The Morgan fingerprint density at radius 1 is 0.338 bits per heavy atom. The number of aliphatic hydroxyl groups is 4. The molecule has 0 radical (unpaired) electrons. The molecular formula is C90H62Cl2N16O26S2. The van der Waals surface area contributed by atoms with Crippen LogP contribution in [0.15, 0.2) is 191 Å². The summed E-state index contributed by atoms with van der Waals surface area (Å²) in [5.41, 5.74) is 3.33. The quantitative estimate of drug-likeness (QED) is 0.0130. The lowest BCUT2D eigenvalue weighted by molar-refractivity contribution is -0.402.